The van der Waals surface area contributed by atoms with Crippen LogP contribution in [-0.4, -0.2) is 22.9 Å². The summed E-state index contributed by atoms with van der Waals surface area (Å²) in [4.78, 5) is 27.9. The maximum Gasteiger partial charge on any atom is 0.332 e. The number of anilines is 2. The minimum Gasteiger partial charge on any atom is -0.399 e. The molecule has 0 aromatic heterocycles. The Kier molecular flexibility index (Phi) is 3.96. The molecule has 1 aliphatic rings. The van der Waals surface area contributed by atoms with Crippen molar-refractivity contribution in [3.63, 3.8) is 0 Å². The fourth-order valence-corrected chi connectivity index (χ4v) is 2.69. The SMILES string of the molecule is C[C@H]1C(=O)N(c2ccc(Cl)cc2)C(=O)N1Cc1ccc(N)cc1. The summed E-state index contributed by atoms with van der Waals surface area (Å²) < 4.78 is 0. The van der Waals surface area contributed by atoms with E-state index in [0.717, 1.165) is 5.56 Å². The zero-order valence-electron chi connectivity index (χ0n) is 12.6. The highest BCUT2D eigenvalue weighted by Crippen LogP contribution is 2.27. The normalized spacial score (nSPS) is 17.9. The maximum atomic E-state index is 12.7. The topological polar surface area (TPSA) is 66.6 Å². The number of hydrogen-bond donors (Lipinski definition) is 1. The smallest absolute Gasteiger partial charge is 0.332 e. The number of benzene rings is 2. The lowest BCUT2D eigenvalue weighted by molar-refractivity contribution is -0.119. The lowest BCUT2D eigenvalue weighted by Crippen LogP contribution is -2.33. The van der Waals surface area contributed by atoms with Crippen molar-refractivity contribution < 1.29 is 9.59 Å². The molecule has 0 unspecified atom stereocenters. The van der Waals surface area contributed by atoms with Crippen LogP contribution in [0, 0.1) is 0 Å². The van der Waals surface area contributed by atoms with Crippen LogP contribution < -0.4 is 10.6 Å². The van der Waals surface area contributed by atoms with Crippen molar-refractivity contribution in [1.29, 1.82) is 0 Å². The molecule has 0 aliphatic carbocycles. The largest absolute Gasteiger partial charge is 0.399 e. The third-order valence-corrected chi connectivity index (χ3v) is 4.15. The van der Waals surface area contributed by atoms with Gasteiger partial charge in [-0.3, -0.25) is 4.79 Å². The predicted molar refractivity (Wildman–Crippen MR) is 90.2 cm³/mol. The minimum atomic E-state index is -0.518. The van der Waals surface area contributed by atoms with Crippen molar-refractivity contribution >= 4 is 34.9 Å². The summed E-state index contributed by atoms with van der Waals surface area (Å²) >= 11 is 5.86. The number of halogens is 1. The zero-order chi connectivity index (χ0) is 16.6. The molecule has 6 heteroatoms. The van der Waals surface area contributed by atoms with E-state index in [1.807, 2.05) is 12.1 Å². The van der Waals surface area contributed by atoms with Crippen LogP contribution in [0.15, 0.2) is 48.5 Å². The van der Waals surface area contributed by atoms with Crippen LogP contribution in [0.1, 0.15) is 12.5 Å². The molecule has 0 radical (unpaired) electrons. The molecule has 118 valence electrons. The van der Waals surface area contributed by atoms with Crippen molar-refractivity contribution in [3.05, 3.63) is 59.1 Å². The molecule has 2 aromatic rings. The molecule has 0 saturated carbocycles. The van der Waals surface area contributed by atoms with E-state index in [2.05, 4.69) is 0 Å². The first-order valence-corrected chi connectivity index (χ1v) is 7.60. The molecule has 1 heterocycles. The highest BCUT2D eigenvalue weighted by Gasteiger charge is 2.43. The van der Waals surface area contributed by atoms with Gasteiger partial charge in [-0.25, -0.2) is 9.69 Å². The molecular formula is C17H16ClN3O2. The number of hydrogen-bond acceptors (Lipinski definition) is 3. The number of urea groups is 1. The van der Waals surface area contributed by atoms with E-state index in [1.54, 1.807) is 48.2 Å². The Labute approximate surface area is 139 Å². The molecule has 3 rings (SSSR count). The second kappa shape index (κ2) is 5.93. The average molecular weight is 330 g/mol. The molecule has 2 N–H and O–H groups in total. The Morgan fingerprint density at radius 3 is 2.26 bits per heavy atom. The monoisotopic (exact) mass is 329 g/mol. The van der Waals surface area contributed by atoms with E-state index in [4.69, 9.17) is 17.3 Å². The zero-order valence-corrected chi connectivity index (χ0v) is 13.3. The van der Waals surface area contributed by atoms with Gasteiger partial charge in [0.2, 0.25) is 0 Å². The summed E-state index contributed by atoms with van der Waals surface area (Å²) in [5.41, 5.74) is 7.77. The minimum absolute atomic E-state index is 0.243. The summed E-state index contributed by atoms with van der Waals surface area (Å²) in [6.45, 7) is 2.09. The van der Waals surface area contributed by atoms with Crippen LogP contribution in [0.2, 0.25) is 5.02 Å². The number of nitrogens with two attached hydrogens (primary N) is 1. The summed E-state index contributed by atoms with van der Waals surface area (Å²) in [6.07, 6.45) is 0. The van der Waals surface area contributed by atoms with E-state index in [1.165, 1.54) is 4.90 Å². The Morgan fingerprint density at radius 1 is 1.04 bits per heavy atom. The number of rotatable bonds is 3. The van der Waals surface area contributed by atoms with E-state index in [0.29, 0.717) is 22.9 Å². The lowest BCUT2D eigenvalue weighted by Gasteiger charge is -2.19. The Hall–Kier alpha value is -2.53. The van der Waals surface area contributed by atoms with Gasteiger partial charge in [-0.05, 0) is 48.9 Å². The van der Waals surface area contributed by atoms with Crippen LogP contribution in [-0.2, 0) is 11.3 Å². The molecule has 23 heavy (non-hydrogen) atoms. The Balaban J connectivity index is 1.85. The second-order valence-electron chi connectivity index (χ2n) is 5.48. The Morgan fingerprint density at radius 2 is 1.65 bits per heavy atom. The predicted octanol–water partition coefficient (Wildman–Crippen LogP) is 3.28. The van der Waals surface area contributed by atoms with Crippen molar-refractivity contribution in [3.8, 4) is 0 Å². The summed E-state index contributed by atoms with van der Waals surface area (Å²) in [6, 6.07) is 13.1. The van der Waals surface area contributed by atoms with Gasteiger partial charge < -0.3 is 10.6 Å². The fraction of sp³-hybridized carbons (Fsp3) is 0.176. The number of imide groups is 1. The molecule has 1 saturated heterocycles. The van der Waals surface area contributed by atoms with Gasteiger partial charge in [0.25, 0.3) is 5.91 Å². The first kappa shape index (κ1) is 15.4. The molecule has 0 bridgehead atoms. The van der Waals surface area contributed by atoms with Crippen LogP contribution >= 0.6 is 11.6 Å². The molecular weight excluding hydrogens is 314 g/mol. The van der Waals surface area contributed by atoms with E-state index >= 15 is 0 Å². The molecule has 5 nitrogen and oxygen atoms in total. The van der Waals surface area contributed by atoms with Gasteiger partial charge in [0.1, 0.15) is 6.04 Å². The van der Waals surface area contributed by atoms with Gasteiger partial charge in [0, 0.05) is 17.3 Å². The summed E-state index contributed by atoms with van der Waals surface area (Å²) in [5.74, 6) is -0.243. The summed E-state index contributed by atoms with van der Waals surface area (Å²) in [5, 5.41) is 0.555. The van der Waals surface area contributed by atoms with Crippen LogP contribution in [0.25, 0.3) is 0 Å². The number of nitrogens with zero attached hydrogens (tertiary/aromatic N) is 2. The quantitative estimate of drug-likeness (QED) is 0.694. The van der Waals surface area contributed by atoms with Gasteiger partial charge in [-0.1, -0.05) is 23.7 Å². The molecule has 2 aromatic carbocycles. The maximum absolute atomic E-state index is 12.7. The average Bonchev–Trinajstić information content (AvgIpc) is 2.74. The third kappa shape index (κ3) is 2.87. The molecule has 3 amide bonds. The molecule has 1 fully saturated rings. The molecule has 0 spiro atoms. The number of amides is 3. The van der Waals surface area contributed by atoms with Crippen molar-refractivity contribution in [1.82, 2.24) is 4.90 Å². The van der Waals surface area contributed by atoms with Crippen LogP contribution in [0.4, 0.5) is 16.2 Å². The first-order valence-electron chi connectivity index (χ1n) is 7.22. The van der Waals surface area contributed by atoms with Gasteiger partial charge in [-0.15, -0.1) is 0 Å². The first-order chi connectivity index (χ1) is 11.0. The highest BCUT2D eigenvalue weighted by atomic mass is 35.5. The van der Waals surface area contributed by atoms with Crippen molar-refractivity contribution in [2.24, 2.45) is 0 Å². The molecule has 1 aliphatic heterocycles. The van der Waals surface area contributed by atoms with Gasteiger partial charge in [-0.2, -0.15) is 0 Å². The van der Waals surface area contributed by atoms with E-state index in [-0.39, 0.29) is 11.9 Å². The Bertz CT molecular complexity index is 743. The van der Waals surface area contributed by atoms with Crippen LogP contribution in [0.3, 0.4) is 0 Å². The number of carbonyl (C=O) groups is 2. The third-order valence-electron chi connectivity index (χ3n) is 3.90. The van der Waals surface area contributed by atoms with Crippen LogP contribution in [0.5, 0.6) is 0 Å². The van der Waals surface area contributed by atoms with Gasteiger partial charge in [0.05, 0.1) is 5.69 Å². The number of carbonyl (C=O) groups excluding carboxylic acids is 2. The summed E-state index contributed by atoms with van der Waals surface area (Å²) in [7, 11) is 0. The van der Waals surface area contributed by atoms with E-state index < -0.39 is 6.04 Å². The van der Waals surface area contributed by atoms with Gasteiger partial charge >= 0.3 is 6.03 Å². The highest BCUT2D eigenvalue weighted by molar-refractivity contribution is 6.30. The van der Waals surface area contributed by atoms with E-state index in [9.17, 15) is 9.59 Å². The van der Waals surface area contributed by atoms with Gasteiger partial charge in [0.15, 0.2) is 0 Å². The fourth-order valence-electron chi connectivity index (χ4n) is 2.56. The van der Waals surface area contributed by atoms with Crippen molar-refractivity contribution in [2.75, 3.05) is 10.6 Å². The standard InChI is InChI=1S/C17H16ClN3O2/c1-11-16(22)21(15-8-4-13(18)5-9-15)17(23)20(11)10-12-2-6-14(19)7-3-12/h2-9,11H,10,19H2,1H3/t11-/m0/s1. The number of nitrogen functional groups attached to an aromatic ring is 1. The second-order valence-corrected chi connectivity index (χ2v) is 5.91. The van der Waals surface area contributed by atoms with Crippen molar-refractivity contribution in [2.45, 2.75) is 19.5 Å². The lowest BCUT2D eigenvalue weighted by atomic mass is 10.2. The molecule has 1 atom stereocenters.